The van der Waals surface area contributed by atoms with E-state index in [0.717, 1.165) is 18.5 Å². The van der Waals surface area contributed by atoms with E-state index in [9.17, 15) is 9.18 Å². The van der Waals surface area contributed by atoms with E-state index in [-0.39, 0.29) is 11.7 Å². The highest BCUT2D eigenvalue weighted by Crippen LogP contribution is 2.17. The quantitative estimate of drug-likeness (QED) is 0.928. The van der Waals surface area contributed by atoms with Gasteiger partial charge in [0.1, 0.15) is 5.82 Å². The molecule has 1 unspecified atom stereocenters. The van der Waals surface area contributed by atoms with Crippen LogP contribution in [0.3, 0.4) is 0 Å². The van der Waals surface area contributed by atoms with Crippen molar-refractivity contribution in [2.75, 3.05) is 13.6 Å². The second-order valence-electron chi connectivity index (χ2n) is 4.64. The number of nitrogens with zero attached hydrogens (tertiary/aromatic N) is 1. The Morgan fingerprint density at radius 1 is 1.56 bits per heavy atom. The summed E-state index contributed by atoms with van der Waals surface area (Å²) in [5.41, 5.74) is 1.03. The summed E-state index contributed by atoms with van der Waals surface area (Å²) in [7, 11) is 1.82. The van der Waals surface area contributed by atoms with Crippen LogP contribution in [0.15, 0.2) is 22.7 Å². The SMILES string of the molecule is CN1CC(NCc2ccc(F)c(Br)c2)CCC1=O. The molecule has 0 bridgehead atoms. The fourth-order valence-corrected chi connectivity index (χ4v) is 2.52. The lowest BCUT2D eigenvalue weighted by molar-refractivity contribution is -0.132. The van der Waals surface area contributed by atoms with Gasteiger partial charge in [0.25, 0.3) is 0 Å². The normalized spacial score (nSPS) is 20.3. The number of amides is 1. The van der Waals surface area contributed by atoms with Gasteiger partial charge in [-0.25, -0.2) is 4.39 Å². The first kappa shape index (κ1) is 13.5. The fourth-order valence-electron chi connectivity index (χ4n) is 2.09. The van der Waals surface area contributed by atoms with Gasteiger partial charge in [-0.3, -0.25) is 4.79 Å². The van der Waals surface area contributed by atoms with E-state index in [4.69, 9.17) is 0 Å². The van der Waals surface area contributed by atoms with Gasteiger partial charge in [0.05, 0.1) is 4.47 Å². The number of rotatable bonds is 3. The van der Waals surface area contributed by atoms with Crippen LogP contribution < -0.4 is 5.32 Å². The third-order valence-electron chi connectivity index (χ3n) is 3.21. The maximum atomic E-state index is 13.1. The van der Waals surface area contributed by atoms with Crippen molar-refractivity contribution in [2.45, 2.75) is 25.4 Å². The van der Waals surface area contributed by atoms with Gasteiger partial charge in [-0.1, -0.05) is 6.07 Å². The molecule has 1 aromatic rings. The lowest BCUT2D eigenvalue weighted by Crippen LogP contribution is -2.46. The molecule has 1 heterocycles. The Hall–Kier alpha value is -0.940. The number of benzene rings is 1. The molecule has 0 aliphatic carbocycles. The van der Waals surface area contributed by atoms with E-state index in [2.05, 4.69) is 21.2 Å². The summed E-state index contributed by atoms with van der Waals surface area (Å²) in [5.74, 6) is -0.0423. The lowest BCUT2D eigenvalue weighted by atomic mass is 10.1. The first-order valence-corrected chi connectivity index (χ1v) is 6.77. The molecule has 1 atom stereocenters. The molecule has 0 spiro atoms. The molecular weight excluding hydrogens is 299 g/mol. The monoisotopic (exact) mass is 314 g/mol. The third kappa shape index (κ3) is 3.29. The maximum Gasteiger partial charge on any atom is 0.222 e. The molecule has 3 nitrogen and oxygen atoms in total. The van der Waals surface area contributed by atoms with Crippen molar-refractivity contribution in [3.63, 3.8) is 0 Å². The molecule has 1 N–H and O–H groups in total. The molecule has 98 valence electrons. The fraction of sp³-hybridized carbons (Fsp3) is 0.462. The summed E-state index contributed by atoms with van der Waals surface area (Å²) in [6, 6.07) is 5.32. The summed E-state index contributed by atoms with van der Waals surface area (Å²) < 4.78 is 13.6. The Morgan fingerprint density at radius 2 is 2.33 bits per heavy atom. The molecule has 0 saturated carbocycles. The van der Waals surface area contributed by atoms with Crippen molar-refractivity contribution in [1.29, 1.82) is 0 Å². The molecule has 1 aromatic carbocycles. The summed E-state index contributed by atoms with van der Waals surface area (Å²) in [5, 5.41) is 3.40. The molecule has 18 heavy (non-hydrogen) atoms. The number of carbonyl (C=O) groups excluding carboxylic acids is 1. The number of halogens is 2. The highest BCUT2D eigenvalue weighted by atomic mass is 79.9. The molecule has 1 aliphatic rings. The summed E-state index contributed by atoms with van der Waals surface area (Å²) in [6.45, 7) is 1.42. The summed E-state index contributed by atoms with van der Waals surface area (Å²) >= 11 is 3.17. The molecule has 1 fully saturated rings. The number of carbonyl (C=O) groups is 1. The van der Waals surface area contributed by atoms with Crippen LogP contribution in [0, 0.1) is 5.82 Å². The van der Waals surface area contributed by atoms with Crippen molar-refractivity contribution in [2.24, 2.45) is 0 Å². The van der Waals surface area contributed by atoms with Crippen LogP contribution in [0.1, 0.15) is 18.4 Å². The maximum absolute atomic E-state index is 13.1. The number of likely N-dealkylation sites (N-methyl/N-ethyl adjacent to an activating group) is 1. The predicted molar refractivity (Wildman–Crippen MR) is 71.6 cm³/mol. The highest BCUT2D eigenvalue weighted by Gasteiger charge is 2.22. The minimum Gasteiger partial charge on any atom is -0.344 e. The average molecular weight is 315 g/mol. The van der Waals surface area contributed by atoms with Gasteiger partial charge in [-0.15, -0.1) is 0 Å². The van der Waals surface area contributed by atoms with E-state index >= 15 is 0 Å². The van der Waals surface area contributed by atoms with Gasteiger partial charge < -0.3 is 10.2 Å². The van der Waals surface area contributed by atoms with E-state index in [0.29, 0.717) is 23.5 Å². The van der Waals surface area contributed by atoms with Crippen LogP contribution in [0.4, 0.5) is 4.39 Å². The van der Waals surface area contributed by atoms with Gasteiger partial charge >= 0.3 is 0 Å². The second-order valence-corrected chi connectivity index (χ2v) is 5.49. The highest BCUT2D eigenvalue weighted by molar-refractivity contribution is 9.10. The van der Waals surface area contributed by atoms with Gasteiger partial charge in [0.2, 0.25) is 5.91 Å². The summed E-state index contributed by atoms with van der Waals surface area (Å²) in [4.78, 5) is 13.1. The van der Waals surface area contributed by atoms with Crippen LogP contribution >= 0.6 is 15.9 Å². The number of likely N-dealkylation sites (tertiary alicyclic amines) is 1. The minimum atomic E-state index is -0.248. The minimum absolute atomic E-state index is 0.206. The second kappa shape index (κ2) is 5.80. The predicted octanol–water partition coefficient (Wildman–Crippen LogP) is 2.30. The first-order valence-electron chi connectivity index (χ1n) is 5.97. The van der Waals surface area contributed by atoms with E-state index in [1.165, 1.54) is 6.07 Å². The largest absolute Gasteiger partial charge is 0.344 e. The van der Waals surface area contributed by atoms with Gasteiger partial charge in [-0.05, 0) is 40.0 Å². The Morgan fingerprint density at radius 3 is 3.00 bits per heavy atom. The zero-order chi connectivity index (χ0) is 13.1. The van der Waals surface area contributed by atoms with Crippen molar-refractivity contribution in [3.8, 4) is 0 Å². The van der Waals surface area contributed by atoms with Crippen molar-refractivity contribution >= 4 is 21.8 Å². The zero-order valence-corrected chi connectivity index (χ0v) is 11.8. The summed E-state index contributed by atoms with van der Waals surface area (Å²) in [6.07, 6.45) is 1.47. The van der Waals surface area contributed by atoms with E-state index in [1.807, 2.05) is 7.05 Å². The molecule has 0 aromatic heterocycles. The number of hydrogen-bond donors (Lipinski definition) is 1. The van der Waals surface area contributed by atoms with Crippen LogP contribution in [0.5, 0.6) is 0 Å². The standard InChI is InChI=1S/C13H16BrFN2O/c1-17-8-10(3-5-13(17)18)16-7-9-2-4-12(15)11(14)6-9/h2,4,6,10,16H,3,5,7-8H2,1H3. The molecule has 1 saturated heterocycles. The molecule has 1 aliphatic heterocycles. The van der Waals surface area contributed by atoms with Crippen LogP contribution in [0.25, 0.3) is 0 Å². The van der Waals surface area contributed by atoms with Crippen molar-refractivity contribution < 1.29 is 9.18 Å². The van der Waals surface area contributed by atoms with E-state index < -0.39 is 0 Å². The molecule has 2 rings (SSSR count). The van der Waals surface area contributed by atoms with Crippen LogP contribution in [-0.2, 0) is 11.3 Å². The molecule has 0 radical (unpaired) electrons. The van der Waals surface area contributed by atoms with E-state index in [1.54, 1.807) is 17.0 Å². The Kier molecular flexibility index (Phi) is 4.35. The number of hydrogen-bond acceptors (Lipinski definition) is 2. The zero-order valence-electron chi connectivity index (χ0n) is 10.2. The van der Waals surface area contributed by atoms with Crippen molar-refractivity contribution in [3.05, 3.63) is 34.1 Å². The smallest absolute Gasteiger partial charge is 0.222 e. The van der Waals surface area contributed by atoms with Crippen LogP contribution in [-0.4, -0.2) is 30.4 Å². The molecule has 1 amide bonds. The average Bonchev–Trinajstić information content (AvgIpc) is 2.35. The molecule has 5 heteroatoms. The molecular formula is C13H16BrFN2O. The van der Waals surface area contributed by atoms with Gasteiger partial charge in [-0.2, -0.15) is 0 Å². The Bertz CT molecular complexity index is 453. The van der Waals surface area contributed by atoms with Gasteiger partial charge in [0.15, 0.2) is 0 Å². The lowest BCUT2D eigenvalue weighted by Gasteiger charge is -2.30. The van der Waals surface area contributed by atoms with Crippen LogP contribution in [0.2, 0.25) is 0 Å². The Labute approximate surface area is 114 Å². The Balaban J connectivity index is 1.88. The first-order chi connectivity index (χ1) is 8.56. The number of nitrogens with one attached hydrogen (secondary N) is 1. The topological polar surface area (TPSA) is 32.3 Å². The number of piperidine rings is 1. The van der Waals surface area contributed by atoms with Crippen molar-refractivity contribution in [1.82, 2.24) is 10.2 Å². The third-order valence-corrected chi connectivity index (χ3v) is 3.81. The van der Waals surface area contributed by atoms with Gasteiger partial charge in [0, 0.05) is 32.6 Å².